The van der Waals surface area contributed by atoms with Crippen LogP contribution in [0.1, 0.15) is 66.2 Å². The van der Waals surface area contributed by atoms with Crippen molar-refractivity contribution in [2.45, 2.75) is 71.8 Å². The van der Waals surface area contributed by atoms with E-state index in [9.17, 15) is 24.0 Å². The molecule has 0 radical (unpaired) electrons. The van der Waals surface area contributed by atoms with Gasteiger partial charge in [-0.3, -0.25) is 19.2 Å². The predicted molar refractivity (Wildman–Crippen MR) is 124 cm³/mol. The Balaban J connectivity index is 1.71. The monoisotopic (exact) mass is 486 g/mol. The van der Waals surface area contributed by atoms with Crippen molar-refractivity contribution in [2.75, 3.05) is 13.2 Å². The summed E-state index contributed by atoms with van der Waals surface area (Å²) < 4.78 is 15.9. The Labute approximate surface area is 205 Å². The van der Waals surface area contributed by atoms with E-state index < -0.39 is 40.9 Å². The van der Waals surface area contributed by atoms with Gasteiger partial charge in [0.15, 0.2) is 18.0 Å². The number of esters is 1. The Hall–Kier alpha value is -2.77. The van der Waals surface area contributed by atoms with Gasteiger partial charge in [0.1, 0.15) is 5.78 Å². The maximum Gasteiger partial charge on any atom is 0.509 e. The number of carbonyl (C=O) groups excluding carboxylic acids is 5. The third-order valence-corrected chi connectivity index (χ3v) is 9.00. The van der Waals surface area contributed by atoms with Gasteiger partial charge in [-0.2, -0.15) is 0 Å². The van der Waals surface area contributed by atoms with Gasteiger partial charge in [-0.25, -0.2) is 4.79 Å². The zero-order valence-corrected chi connectivity index (χ0v) is 20.9. The summed E-state index contributed by atoms with van der Waals surface area (Å²) in [5.41, 5.74) is -2.13. The first-order valence-corrected chi connectivity index (χ1v) is 12.5. The summed E-state index contributed by atoms with van der Waals surface area (Å²) in [7, 11) is 0. The van der Waals surface area contributed by atoms with E-state index in [-0.39, 0.29) is 55.2 Å². The molecule has 0 bridgehead atoms. The van der Waals surface area contributed by atoms with Crippen molar-refractivity contribution in [1.82, 2.24) is 0 Å². The molecule has 6 atom stereocenters. The summed E-state index contributed by atoms with van der Waals surface area (Å²) in [4.78, 5) is 63.7. The lowest BCUT2D eigenvalue weighted by Gasteiger charge is -2.57. The molecule has 0 aromatic heterocycles. The number of ether oxygens (including phenoxy) is 3. The van der Waals surface area contributed by atoms with E-state index >= 15 is 0 Å². The highest BCUT2D eigenvalue weighted by Gasteiger charge is 2.70. The number of hydrogen-bond acceptors (Lipinski definition) is 8. The minimum absolute atomic E-state index is 0.00191. The molecular weight excluding hydrogens is 452 g/mol. The van der Waals surface area contributed by atoms with E-state index in [1.54, 1.807) is 26.0 Å². The lowest BCUT2D eigenvalue weighted by atomic mass is 9.46. The van der Waals surface area contributed by atoms with Crippen molar-refractivity contribution in [1.29, 1.82) is 0 Å². The van der Waals surface area contributed by atoms with Crippen LogP contribution in [-0.4, -0.2) is 48.3 Å². The lowest BCUT2D eigenvalue weighted by molar-refractivity contribution is -0.176. The highest BCUT2D eigenvalue weighted by atomic mass is 16.7. The van der Waals surface area contributed by atoms with E-state index in [0.29, 0.717) is 19.3 Å². The van der Waals surface area contributed by atoms with Crippen molar-refractivity contribution >= 4 is 29.5 Å². The second-order valence-electron chi connectivity index (χ2n) is 10.6. The summed E-state index contributed by atoms with van der Waals surface area (Å²) in [6.45, 7) is 6.70. The number of ketones is 3. The molecule has 3 saturated carbocycles. The first kappa shape index (κ1) is 25.3. The molecule has 0 unspecified atom stereocenters. The van der Waals surface area contributed by atoms with E-state index in [4.69, 9.17) is 14.2 Å². The predicted octanol–water partition coefficient (Wildman–Crippen LogP) is 3.91. The van der Waals surface area contributed by atoms with Crippen molar-refractivity contribution in [2.24, 2.45) is 28.6 Å². The molecular formula is C27H34O8. The van der Waals surface area contributed by atoms with E-state index in [1.165, 1.54) is 0 Å². The van der Waals surface area contributed by atoms with Gasteiger partial charge in [-0.05, 0) is 56.6 Å². The SMILES string of the molecule is CCOC(=O)O[C@]1(C(=O)COC(=O)CC)CC[C@H]2[C@@H]3CCC4=CC(=O)C=C[C@]4(C)[C@H]3C(=O)C[C@@]21C. The molecule has 0 N–H and O–H groups in total. The third kappa shape index (κ3) is 3.85. The van der Waals surface area contributed by atoms with Crippen LogP contribution in [0.2, 0.25) is 0 Å². The molecule has 0 amide bonds. The molecule has 0 aromatic rings. The Bertz CT molecular complexity index is 1020. The number of hydrogen-bond donors (Lipinski definition) is 0. The van der Waals surface area contributed by atoms with Crippen LogP contribution >= 0.6 is 0 Å². The minimum Gasteiger partial charge on any atom is -0.457 e. The molecule has 4 aliphatic carbocycles. The summed E-state index contributed by atoms with van der Waals surface area (Å²) >= 11 is 0. The number of rotatable bonds is 6. The average molecular weight is 487 g/mol. The molecule has 0 aliphatic heterocycles. The van der Waals surface area contributed by atoms with Gasteiger partial charge in [-0.15, -0.1) is 0 Å². The Morgan fingerprint density at radius 3 is 2.51 bits per heavy atom. The first-order chi connectivity index (χ1) is 16.5. The first-order valence-electron chi connectivity index (χ1n) is 12.5. The molecule has 0 spiro atoms. The van der Waals surface area contributed by atoms with Crippen molar-refractivity contribution < 1.29 is 38.2 Å². The fraction of sp³-hybridized carbons (Fsp3) is 0.667. The van der Waals surface area contributed by atoms with Crippen LogP contribution in [0.3, 0.4) is 0 Å². The van der Waals surface area contributed by atoms with Gasteiger partial charge in [0, 0.05) is 29.6 Å². The number of Topliss-reactive ketones (excluding diaryl/α,β-unsaturated/α-hetero) is 2. The zero-order chi connectivity index (χ0) is 25.6. The van der Waals surface area contributed by atoms with Crippen LogP contribution in [0, 0.1) is 28.6 Å². The zero-order valence-electron chi connectivity index (χ0n) is 20.9. The Morgan fingerprint density at radius 2 is 1.83 bits per heavy atom. The van der Waals surface area contributed by atoms with Gasteiger partial charge >= 0.3 is 12.1 Å². The van der Waals surface area contributed by atoms with E-state index in [1.807, 2.05) is 19.9 Å². The smallest absolute Gasteiger partial charge is 0.457 e. The summed E-state index contributed by atoms with van der Waals surface area (Å²) in [5.74, 6) is -1.50. The second-order valence-corrected chi connectivity index (χ2v) is 10.6. The van der Waals surface area contributed by atoms with Gasteiger partial charge in [0.05, 0.1) is 6.61 Å². The quantitative estimate of drug-likeness (QED) is 0.520. The van der Waals surface area contributed by atoms with Gasteiger partial charge in [0.2, 0.25) is 5.78 Å². The number of carbonyl (C=O) groups is 5. The van der Waals surface area contributed by atoms with Crippen LogP contribution in [0.4, 0.5) is 4.79 Å². The minimum atomic E-state index is -1.62. The summed E-state index contributed by atoms with van der Waals surface area (Å²) in [6.07, 6.45) is 6.52. The fourth-order valence-corrected chi connectivity index (χ4v) is 7.35. The summed E-state index contributed by atoms with van der Waals surface area (Å²) in [5, 5.41) is 0. The lowest BCUT2D eigenvalue weighted by Crippen LogP contribution is -2.62. The van der Waals surface area contributed by atoms with E-state index in [0.717, 1.165) is 5.57 Å². The molecule has 0 aromatic carbocycles. The van der Waals surface area contributed by atoms with Crippen molar-refractivity contribution in [3.05, 3.63) is 23.8 Å². The highest BCUT2D eigenvalue weighted by molar-refractivity contribution is 6.02. The molecule has 3 fully saturated rings. The highest BCUT2D eigenvalue weighted by Crippen LogP contribution is 2.67. The fourth-order valence-electron chi connectivity index (χ4n) is 7.35. The molecule has 0 heterocycles. The third-order valence-electron chi connectivity index (χ3n) is 9.00. The topological polar surface area (TPSA) is 113 Å². The van der Waals surface area contributed by atoms with Crippen molar-refractivity contribution in [3.8, 4) is 0 Å². The normalized spacial score (nSPS) is 37.5. The Kier molecular flexibility index (Phi) is 6.53. The van der Waals surface area contributed by atoms with Gasteiger partial charge in [-0.1, -0.05) is 32.4 Å². The van der Waals surface area contributed by atoms with E-state index in [2.05, 4.69) is 0 Å². The van der Waals surface area contributed by atoms with Gasteiger partial charge < -0.3 is 14.2 Å². The second kappa shape index (κ2) is 9.03. The molecule has 190 valence electrons. The molecule has 4 rings (SSSR count). The molecule has 0 saturated heterocycles. The van der Waals surface area contributed by atoms with Crippen molar-refractivity contribution in [3.63, 3.8) is 0 Å². The standard InChI is InChI=1S/C27H34O8/c1-5-22(31)34-15-21(30)27(35-24(32)33-6-2)12-10-19-18-8-7-16-13-17(28)9-11-25(16,3)23(18)20(29)14-26(19,27)4/h9,11,13,18-19,23H,5-8,10,12,14-15H2,1-4H3/t18-,19-,23+,25-,26-,27-/m0/s1. The number of allylic oxidation sites excluding steroid dienone is 4. The van der Waals surface area contributed by atoms with Crippen LogP contribution in [-0.2, 0) is 33.4 Å². The molecule has 8 nitrogen and oxygen atoms in total. The van der Waals surface area contributed by atoms with Gasteiger partial charge in [0.25, 0.3) is 0 Å². The van der Waals surface area contributed by atoms with Crippen LogP contribution in [0.25, 0.3) is 0 Å². The van der Waals surface area contributed by atoms with Crippen LogP contribution in [0.5, 0.6) is 0 Å². The molecule has 8 heteroatoms. The van der Waals surface area contributed by atoms with Crippen LogP contribution < -0.4 is 0 Å². The molecule has 4 aliphatic rings. The van der Waals surface area contributed by atoms with Crippen LogP contribution in [0.15, 0.2) is 23.8 Å². The maximum absolute atomic E-state index is 13.8. The largest absolute Gasteiger partial charge is 0.509 e. The maximum atomic E-state index is 13.8. The molecule has 35 heavy (non-hydrogen) atoms. The Morgan fingerprint density at radius 1 is 1.09 bits per heavy atom. The average Bonchev–Trinajstić information content (AvgIpc) is 3.09. The number of fused-ring (bicyclic) bond motifs is 5. The summed E-state index contributed by atoms with van der Waals surface area (Å²) in [6, 6.07) is 0.